The largest absolute Gasteiger partial charge is 0.382 e. The number of fused-ring (bicyclic) bond motifs is 1. The summed E-state index contributed by atoms with van der Waals surface area (Å²) in [7, 11) is 0. The van der Waals surface area contributed by atoms with E-state index in [9.17, 15) is 0 Å². The molecule has 1 aliphatic rings. The van der Waals surface area contributed by atoms with Crippen LogP contribution in [0.25, 0.3) is 0 Å². The molecule has 1 aliphatic heterocycles. The molecule has 2 N–H and O–H groups in total. The number of nitrogens with zero attached hydrogens (tertiary/aromatic N) is 1. The third-order valence-corrected chi connectivity index (χ3v) is 3.07. The van der Waals surface area contributed by atoms with E-state index in [2.05, 4.69) is 36.4 Å². The Bertz CT molecular complexity index is 398. The summed E-state index contributed by atoms with van der Waals surface area (Å²) in [4.78, 5) is 4.35. The van der Waals surface area contributed by atoms with Crippen LogP contribution >= 0.6 is 11.6 Å². The molecule has 0 spiro atoms. The van der Waals surface area contributed by atoms with Gasteiger partial charge in [0.25, 0.3) is 0 Å². The predicted octanol–water partition coefficient (Wildman–Crippen LogP) is 3.77. The number of nitrogens with one attached hydrogen (secondary N) is 2. The molecule has 1 unspecified atom stereocenters. The average molecular weight is 254 g/mol. The highest BCUT2D eigenvalue weighted by Crippen LogP contribution is 2.30. The van der Waals surface area contributed by atoms with Gasteiger partial charge in [-0.2, -0.15) is 0 Å². The molecule has 0 saturated heterocycles. The summed E-state index contributed by atoms with van der Waals surface area (Å²) in [5.74, 6) is 0.918. The number of hydrogen-bond donors (Lipinski definition) is 2. The van der Waals surface area contributed by atoms with E-state index in [1.807, 2.05) is 6.07 Å². The molecular formula is C13H20ClN3. The maximum Gasteiger partial charge on any atom is 0.149 e. The summed E-state index contributed by atoms with van der Waals surface area (Å²) < 4.78 is 0. The normalized spacial score (nSPS) is 19.9. The van der Waals surface area contributed by atoms with Gasteiger partial charge in [0.15, 0.2) is 0 Å². The van der Waals surface area contributed by atoms with Crippen LogP contribution in [-0.4, -0.2) is 17.6 Å². The topological polar surface area (TPSA) is 37.0 Å². The molecule has 0 amide bonds. The number of halogens is 1. The highest BCUT2D eigenvalue weighted by atomic mass is 35.5. The molecule has 1 aromatic rings. The van der Waals surface area contributed by atoms with E-state index in [-0.39, 0.29) is 0 Å². The van der Waals surface area contributed by atoms with Crippen molar-refractivity contribution < 1.29 is 0 Å². The summed E-state index contributed by atoms with van der Waals surface area (Å²) in [5.41, 5.74) is 1.34. The van der Waals surface area contributed by atoms with E-state index in [0.29, 0.717) is 16.5 Å². The molecule has 0 radical (unpaired) electrons. The Hall–Kier alpha value is -0.960. The van der Waals surface area contributed by atoms with Crippen LogP contribution in [0.2, 0.25) is 5.02 Å². The minimum absolute atomic E-state index is 0.328. The number of rotatable bonds is 1. The number of pyridine rings is 1. The summed E-state index contributed by atoms with van der Waals surface area (Å²) >= 11 is 5.94. The lowest BCUT2D eigenvalue weighted by atomic mass is 9.87. The highest BCUT2D eigenvalue weighted by molar-refractivity contribution is 6.30. The third-order valence-electron chi connectivity index (χ3n) is 2.86. The lowest BCUT2D eigenvalue weighted by Gasteiger charge is -2.25. The van der Waals surface area contributed by atoms with Crippen LogP contribution in [0.1, 0.15) is 33.6 Å². The molecule has 0 aromatic carbocycles. The second kappa shape index (κ2) is 4.73. The van der Waals surface area contributed by atoms with Crippen molar-refractivity contribution in [1.29, 1.82) is 0 Å². The first kappa shape index (κ1) is 12.5. The fraction of sp³-hybridized carbons (Fsp3) is 0.615. The van der Waals surface area contributed by atoms with Gasteiger partial charge < -0.3 is 10.6 Å². The molecule has 0 saturated carbocycles. The molecule has 1 aromatic heterocycles. The number of aromatic nitrogens is 1. The zero-order valence-electron chi connectivity index (χ0n) is 10.7. The van der Waals surface area contributed by atoms with Crippen LogP contribution in [0.4, 0.5) is 11.5 Å². The smallest absolute Gasteiger partial charge is 0.149 e. The van der Waals surface area contributed by atoms with Crippen molar-refractivity contribution in [1.82, 2.24) is 4.98 Å². The summed E-state index contributed by atoms with van der Waals surface area (Å²) in [6, 6.07) is 2.40. The zero-order valence-corrected chi connectivity index (χ0v) is 11.4. The molecular weight excluding hydrogens is 234 g/mol. The lowest BCUT2D eigenvalue weighted by Crippen LogP contribution is -2.26. The first-order valence-electron chi connectivity index (χ1n) is 6.10. The van der Waals surface area contributed by atoms with Crippen molar-refractivity contribution in [2.75, 3.05) is 17.2 Å². The van der Waals surface area contributed by atoms with Gasteiger partial charge in [0.2, 0.25) is 0 Å². The van der Waals surface area contributed by atoms with Gasteiger partial charge in [0.05, 0.1) is 10.7 Å². The van der Waals surface area contributed by atoms with Gasteiger partial charge in [-0.05, 0) is 24.3 Å². The van der Waals surface area contributed by atoms with Gasteiger partial charge in [-0.1, -0.05) is 32.4 Å². The van der Waals surface area contributed by atoms with E-state index >= 15 is 0 Å². The van der Waals surface area contributed by atoms with Crippen molar-refractivity contribution in [2.24, 2.45) is 5.41 Å². The van der Waals surface area contributed by atoms with Gasteiger partial charge in [-0.3, -0.25) is 0 Å². The van der Waals surface area contributed by atoms with Crippen molar-refractivity contribution in [3.8, 4) is 0 Å². The number of anilines is 2. The Morgan fingerprint density at radius 3 is 2.94 bits per heavy atom. The van der Waals surface area contributed by atoms with Gasteiger partial charge >= 0.3 is 0 Å². The molecule has 0 aliphatic carbocycles. The van der Waals surface area contributed by atoms with Crippen LogP contribution < -0.4 is 10.6 Å². The second-order valence-electron chi connectivity index (χ2n) is 5.87. The molecule has 2 heterocycles. The minimum atomic E-state index is 0.328. The fourth-order valence-electron chi connectivity index (χ4n) is 2.23. The van der Waals surface area contributed by atoms with E-state index in [1.54, 1.807) is 6.20 Å². The van der Waals surface area contributed by atoms with Gasteiger partial charge in [-0.25, -0.2) is 4.98 Å². The molecule has 94 valence electrons. The second-order valence-corrected chi connectivity index (χ2v) is 6.31. The van der Waals surface area contributed by atoms with Crippen molar-refractivity contribution >= 4 is 23.1 Å². The monoisotopic (exact) mass is 253 g/mol. The first-order chi connectivity index (χ1) is 7.94. The lowest BCUT2D eigenvalue weighted by molar-refractivity contribution is 0.345. The summed E-state index contributed by atoms with van der Waals surface area (Å²) in [6.45, 7) is 7.76. The quantitative estimate of drug-likeness (QED) is 0.800. The standard InChI is InChI=1S/C13H20ClN3/c1-13(2,3)7-10-4-5-15-11-6-9(14)8-16-12(11)17-10/h6,8,10,15H,4-5,7H2,1-3H3,(H,16,17). The van der Waals surface area contributed by atoms with E-state index in [1.165, 1.54) is 0 Å². The molecule has 0 bridgehead atoms. The van der Waals surface area contributed by atoms with E-state index in [4.69, 9.17) is 11.6 Å². The predicted molar refractivity (Wildman–Crippen MR) is 73.8 cm³/mol. The first-order valence-corrected chi connectivity index (χ1v) is 6.48. The average Bonchev–Trinajstić information content (AvgIpc) is 2.36. The Labute approximate surface area is 108 Å². The van der Waals surface area contributed by atoms with Crippen molar-refractivity contribution in [3.63, 3.8) is 0 Å². The highest BCUT2D eigenvalue weighted by Gasteiger charge is 2.22. The third kappa shape index (κ3) is 3.50. The Morgan fingerprint density at radius 1 is 1.47 bits per heavy atom. The van der Waals surface area contributed by atoms with Gasteiger partial charge in [-0.15, -0.1) is 0 Å². The molecule has 1 atom stereocenters. The minimum Gasteiger partial charge on any atom is -0.382 e. The molecule has 2 rings (SSSR count). The van der Waals surface area contributed by atoms with Crippen LogP contribution in [0.3, 0.4) is 0 Å². The fourth-order valence-corrected chi connectivity index (χ4v) is 2.39. The zero-order chi connectivity index (χ0) is 12.5. The Balaban J connectivity index is 2.14. The summed E-state index contributed by atoms with van der Waals surface area (Å²) in [6.07, 6.45) is 3.93. The van der Waals surface area contributed by atoms with E-state index < -0.39 is 0 Å². The molecule has 3 nitrogen and oxygen atoms in total. The van der Waals surface area contributed by atoms with Crippen LogP contribution in [0, 0.1) is 5.41 Å². The van der Waals surface area contributed by atoms with Crippen molar-refractivity contribution in [2.45, 2.75) is 39.7 Å². The Morgan fingerprint density at radius 2 is 2.24 bits per heavy atom. The maximum absolute atomic E-state index is 5.94. The summed E-state index contributed by atoms with van der Waals surface area (Å²) in [5, 5.41) is 7.56. The van der Waals surface area contributed by atoms with Crippen molar-refractivity contribution in [3.05, 3.63) is 17.3 Å². The van der Waals surface area contributed by atoms with Crippen LogP contribution in [0.5, 0.6) is 0 Å². The van der Waals surface area contributed by atoms with Gasteiger partial charge in [0.1, 0.15) is 5.82 Å². The molecule has 17 heavy (non-hydrogen) atoms. The molecule has 4 heteroatoms. The SMILES string of the molecule is CC(C)(C)CC1CCNc2cc(Cl)cnc2N1. The Kier molecular flexibility index (Phi) is 3.48. The van der Waals surface area contributed by atoms with Crippen LogP contribution in [0.15, 0.2) is 12.3 Å². The van der Waals surface area contributed by atoms with Crippen LogP contribution in [-0.2, 0) is 0 Å². The number of hydrogen-bond acceptors (Lipinski definition) is 3. The maximum atomic E-state index is 5.94. The van der Waals surface area contributed by atoms with E-state index in [0.717, 1.165) is 30.9 Å². The molecule has 0 fully saturated rings. The van der Waals surface area contributed by atoms with Gasteiger partial charge in [0, 0.05) is 18.8 Å².